The van der Waals surface area contributed by atoms with Crippen molar-refractivity contribution in [2.75, 3.05) is 6.61 Å². The maximum absolute atomic E-state index is 11.4. The molecular formula is C9H11Cl2NO2. The standard InChI is InChI=1S/C9H11Cl2NO2/c1-3-14-8(13)6-4-5-7(10)12-9(6,2)11/h4-5,12H,3H2,1-2H3. The summed E-state index contributed by atoms with van der Waals surface area (Å²) in [5.74, 6) is -0.432. The first-order valence-corrected chi connectivity index (χ1v) is 4.95. The van der Waals surface area contributed by atoms with E-state index in [4.69, 9.17) is 27.9 Å². The van der Waals surface area contributed by atoms with E-state index in [1.165, 1.54) is 0 Å². The van der Waals surface area contributed by atoms with Gasteiger partial charge in [-0.05, 0) is 26.0 Å². The molecule has 0 aromatic rings. The molecule has 0 bridgehead atoms. The summed E-state index contributed by atoms with van der Waals surface area (Å²) in [5, 5.41) is 3.17. The normalized spacial score (nSPS) is 26.0. The molecule has 1 aliphatic heterocycles. The molecule has 1 atom stereocenters. The van der Waals surface area contributed by atoms with Gasteiger partial charge in [0.1, 0.15) is 10.2 Å². The third-order valence-corrected chi connectivity index (χ3v) is 2.27. The maximum Gasteiger partial charge on any atom is 0.337 e. The van der Waals surface area contributed by atoms with Gasteiger partial charge in [0.15, 0.2) is 0 Å². The molecule has 0 fully saturated rings. The Morgan fingerprint density at radius 1 is 1.64 bits per heavy atom. The fourth-order valence-electron chi connectivity index (χ4n) is 1.11. The van der Waals surface area contributed by atoms with Crippen LogP contribution in [-0.4, -0.2) is 17.6 Å². The maximum atomic E-state index is 11.4. The lowest BCUT2D eigenvalue weighted by atomic mass is 10.1. The summed E-state index contributed by atoms with van der Waals surface area (Å²) < 4.78 is 4.85. The summed E-state index contributed by atoms with van der Waals surface area (Å²) in [6.45, 7) is 3.70. The van der Waals surface area contributed by atoms with Crippen molar-refractivity contribution in [2.24, 2.45) is 0 Å². The van der Waals surface area contributed by atoms with E-state index in [1.807, 2.05) is 0 Å². The van der Waals surface area contributed by atoms with Crippen molar-refractivity contribution < 1.29 is 9.53 Å². The highest BCUT2D eigenvalue weighted by Crippen LogP contribution is 2.28. The zero-order chi connectivity index (χ0) is 10.8. The number of hydrogen-bond acceptors (Lipinski definition) is 3. The van der Waals surface area contributed by atoms with Crippen LogP contribution in [0.1, 0.15) is 13.8 Å². The molecule has 1 N–H and O–H groups in total. The lowest BCUT2D eigenvalue weighted by Crippen LogP contribution is -2.41. The highest BCUT2D eigenvalue weighted by Gasteiger charge is 2.34. The summed E-state index contributed by atoms with van der Waals surface area (Å²) in [6, 6.07) is 0. The van der Waals surface area contributed by atoms with Crippen LogP contribution in [0, 0.1) is 0 Å². The van der Waals surface area contributed by atoms with Crippen LogP contribution in [0.15, 0.2) is 22.9 Å². The second kappa shape index (κ2) is 4.24. The van der Waals surface area contributed by atoms with Crippen molar-refractivity contribution in [1.82, 2.24) is 5.32 Å². The number of dihydropyridines is 1. The van der Waals surface area contributed by atoms with Crippen LogP contribution in [0.25, 0.3) is 0 Å². The number of nitrogens with one attached hydrogen (secondary N) is 1. The molecule has 0 amide bonds. The van der Waals surface area contributed by atoms with Crippen molar-refractivity contribution in [3.8, 4) is 0 Å². The number of ether oxygens (including phenoxy) is 1. The van der Waals surface area contributed by atoms with Crippen LogP contribution >= 0.6 is 23.2 Å². The number of carbonyl (C=O) groups excluding carboxylic acids is 1. The molecule has 3 nitrogen and oxygen atoms in total. The Bertz CT molecular complexity index is 308. The molecule has 1 aliphatic rings. The summed E-state index contributed by atoms with van der Waals surface area (Å²) in [7, 11) is 0. The molecule has 5 heteroatoms. The van der Waals surface area contributed by atoms with Gasteiger partial charge in [-0.2, -0.15) is 0 Å². The van der Waals surface area contributed by atoms with Crippen molar-refractivity contribution in [2.45, 2.75) is 18.8 Å². The van der Waals surface area contributed by atoms with Gasteiger partial charge < -0.3 is 10.1 Å². The molecule has 1 heterocycles. The van der Waals surface area contributed by atoms with Crippen molar-refractivity contribution in [1.29, 1.82) is 0 Å². The lowest BCUT2D eigenvalue weighted by Gasteiger charge is -2.28. The second-order valence-corrected chi connectivity index (χ2v) is 4.11. The molecular weight excluding hydrogens is 225 g/mol. The Labute approximate surface area is 92.7 Å². The molecule has 0 saturated heterocycles. The van der Waals surface area contributed by atoms with E-state index in [2.05, 4.69) is 5.32 Å². The quantitative estimate of drug-likeness (QED) is 0.453. The predicted molar refractivity (Wildman–Crippen MR) is 56.0 cm³/mol. The zero-order valence-corrected chi connectivity index (χ0v) is 9.45. The van der Waals surface area contributed by atoms with Gasteiger partial charge in [0.05, 0.1) is 12.2 Å². The van der Waals surface area contributed by atoms with Crippen LogP contribution in [0.5, 0.6) is 0 Å². The third kappa shape index (κ3) is 2.42. The minimum absolute atomic E-state index is 0.320. The number of rotatable bonds is 2. The van der Waals surface area contributed by atoms with Gasteiger partial charge in [-0.3, -0.25) is 0 Å². The molecule has 78 valence electrons. The fraction of sp³-hybridized carbons (Fsp3) is 0.444. The SMILES string of the molecule is CCOC(=O)C1=CC=C(Cl)NC1(C)Cl. The van der Waals surface area contributed by atoms with Crippen LogP contribution in [0.2, 0.25) is 0 Å². The van der Waals surface area contributed by atoms with Gasteiger partial charge in [0.2, 0.25) is 0 Å². The molecule has 0 aromatic carbocycles. The van der Waals surface area contributed by atoms with E-state index in [-0.39, 0.29) is 0 Å². The number of halogens is 2. The number of allylic oxidation sites excluding steroid dienone is 2. The first-order valence-electron chi connectivity index (χ1n) is 4.19. The van der Waals surface area contributed by atoms with Crippen LogP contribution in [0.3, 0.4) is 0 Å². The Kier molecular flexibility index (Phi) is 3.45. The van der Waals surface area contributed by atoms with Crippen LogP contribution in [0.4, 0.5) is 0 Å². The molecule has 0 saturated carbocycles. The smallest absolute Gasteiger partial charge is 0.337 e. The lowest BCUT2D eigenvalue weighted by molar-refractivity contribution is -0.139. The van der Waals surface area contributed by atoms with E-state index in [1.54, 1.807) is 26.0 Å². The first kappa shape index (κ1) is 11.4. The third-order valence-electron chi connectivity index (χ3n) is 1.75. The van der Waals surface area contributed by atoms with Gasteiger partial charge in [0, 0.05) is 0 Å². The topological polar surface area (TPSA) is 38.3 Å². The average Bonchev–Trinajstić information content (AvgIpc) is 2.01. The van der Waals surface area contributed by atoms with Crippen molar-refractivity contribution >= 4 is 29.2 Å². The van der Waals surface area contributed by atoms with E-state index >= 15 is 0 Å². The Morgan fingerprint density at radius 3 is 2.79 bits per heavy atom. The number of hydrogen-bond donors (Lipinski definition) is 1. The first-order chi connectivity index (χ1) is 6.47. The molecule has 0 radical (unpaired) electrons. The van der Waals surface area contributed by atoms with Crippen LogP contribution < -0.4 is 5.32 Å². The van der Waals surface area contributed by atoms with E-state index in [0.717, 1.165) is 0 Å². The van der Waals surface area contributed by atoms with E-state index < -0.39 is 11.0 Å². The molecule has 1 unspecified atom stereocenters. The molecule has 0 aliphatic carbocycles. The van der Waals surface area contributed by atoms with Gasteiger partial charge in [-0.1, -0.05) is 23.2 Å². The molecule has 0 spiro atoms. The fourth-order valence-corrected chi connectivity index (χ4v) is 1.66. The average molecular weight is 236 g/mol. The number of carbonyl (C=O) groups is 1. The van der Waals surface area contributed by atoms with Gasteiger partial charge >= 0.3 is 5.97 Å². The zero-order valence-electron chi connectivity index (χ0n) is 7.93. The molecule has 1 rings (SSSR count). The van der Waals surface area contributed by atoms with Crippen molar-refractivity contribution in [3.63, 3.8) is 0 Å². The van der Waals surface area contributed by atoms with Gasteiger partial charge in [-0.25, -0.2) is 4.79 Å². The highest BCUT2D eigenvalue weighted by molar-refractivity contribution is 6.33. The van der Waals surface area contributed by atoms with E-state index in [9.17, 15) is 4.79 Å². The van der Waals surface area contributed by atoms with Crippen molar-refractivity contribution in [3.05, 3.63) is 22.9 Å². The Morgan fingerprint density at radius 2 is 2.29 bits per heavy atom. The summed E-state index contributed by atoms with van der Waals surface area (Å²) in [4.78, 5) is 10.4. The molecule has 0 aromatic heterocycles. The summed E-state index contributed by atoms with van der Waals surface area (Å²) >= 11 is 11.8. The Hall–Kier alpha value is -0.670. The minimum Gasteiger partial charge on any atom is -0.463 e. The second-order valence-electron chi connectivity index (χ2n) is 2.94. The molecule has 14 heavy (non-hydrogen) atoms. The highest BCUT2D eigenvalue weighted by atomic mass is 35.5. The van der Waals surface area contributed by atoms with Gasteiger partial charge in [0.25, 0.3) is 0 Å². The van der Waals surface area contributed by atoms with E-state index in [0.29, 0.717) is 17.3 Å². The predicted octanol–water partition coefficient (Wildman–Crippen LogP) is 2.11. The number of esters is 1. The summed E-state index contributed by atoms with van der Waals surface area (Å²) in [6.07, 6.45) is 3.13. The minimum atomic E-state index is -1.00. The van der Waals surface area contributed by atoms with Crippen LogP contribution in [-0.2, 0) is 9.53 Å². The summed E-state index contributed by atoms with van der Waals surface area (Å²) in [5.41, 5.74) is 0.352. The monoisotopic (exact) mass is 235 g/mol. The largest absolute Gasteiger partial charge is 0.463 e. The van der Waals surface area contributed by atoms with Gasteiger partial charge in [-0.15, -0.1) is 0 Å². The Balaban J connectivity index is 2.90. The number of alkyl halides is 1.